The van der Waals surface area contributed by atoms with E-state index in [1.807, 2.05) is 70.0 Å². The van der Waals surface area contributed by atoms with E-state index in [0.29, 0.717) is 19.5 Å². The molecule has 0 aromatic carbocycles. The Morgan fingerprint density at radius 3 is 2.22 bits per heavy atom. The molecule has 0 spiro atoms. The summed E-state index contributed by atoms with van der Waals surface area (Å²) >= 11 is 1.51. The second kappa shape index (κ2) is 20.8. The predicted octanol–water partition coefficient (Wildman–Crippen LogP) is 3.86. The highest BCUT2D eigenvalue weighted by atomic mass is 32.2. The van der Waals surface area contributed by atoms with E-state index >= 15 is 0 Å². The molecule has 2 heterocycles. The van der Waals surface area contributed by atoms with Gasteiger partial charge in [-0.15, -0.1) is 0 Å². The number of hydrogen-bond donors (Lipinski definition) is 2. The Morgan fingerprint density at radius 1 is 1.04 bits per heavy atom. The van der Waals surface area contributed by atoms with Gasteiger partial charge in [-0.25, -0.2) is 0 Å². The highest BCUT2D eigenvalue weighted by molar-refractivity contribution is 7.99. The van der Waals surface area contributed by atoms with Gasteiger partial charge in [-0.05, 0) is 81.5 Å². The fourth-order valence-electron chi connectivity index (χ4n) is 7.08. The first-order chi connectivity index (χ1) is 23.2. The van der Waals surface area contributed by atoms with Crippen LogP contribution in [0.25, 0.3) is 0 Å². The predicted molar refractivity (Wildman–Crippen MR) is 198 cm³/mol. The molecule has 2 N–H and O–H groups in total. The molecule has 2 rings (SSSR count). The number of likely N-dealkylation sites (tertiary alicyclic amines) is 1. The lowest BCUT2D eigenvalue weighted by Gasteiger charge is -2.40. The molecule has 1 aromatic rings. The summed E-state index contributed by atoms with van der Waals surface area (Å²) in [6.07, 6.45) is 8.84. The van der Waals surface area contributed by atoms with Crippen molar-refractivity contribution in [3.05, 3.63) is 30.1 Å². The number of amides is 4. The third-order valence-electron chi connectivity index (χ3n) is 9.99. The van der Waals surface area contributed by atoms with E-state index in [-0.39, 0.29) is 71.2 Å². The fraction of sp³-hybridized carbons (Fsp3) is 0.757. The maximum atomic E-state index is 14.1. The van der Waals surface area contributed by atoms with Crippen LogP contribution >= 0.6 is 11.8 Å². The summed E-state index contributed by atoms with van der Waals surface area (Å²) in [5.74, 6) is -0.444. The maximum Gasteiger partial charge on any atom is 0.245 e. The maximum absolute atomic E-state index is 14.1. The molecule has 1 fully saturated rings. The summed E-state index contributed by atoms with van der Waals surface area (Å²) in [7, 11) is 7.10. The minimum absolute atomic E-state index is 0.00955. The van der Waals surface area contributed by atoms with Crippen molar-refractivity contribution in [3.8, 4) is 0 Å². The monoisotopic (exact) mass is 704 g/mol. The smallest absolute Gasteiger partial charge is 0.245 e. The van der Waals surface area contributed by atoms with E-state index < -0.39 is 12.1 Å². The second-order valence-electron chi connectivity index (χ2n) is 14.4. The number of pyridine rings is 1. The van der Waals surface area contributed by atoms with Crippen molar-refractivity contribution >= 4 is 35.4 Å². The molecule has 278 valence electrons. The molecule has 11 nitrogen and oxygen atoms in total. The quantitative estimate of drug-likeness (QED) is 0.210. The second-order valence-corrected chi connectivity index (χ2v) is 15.5. The molecule has 0 radical (unpaired) electrons. The van der Waals surface area contributed by atoms with Crippen molar-refractivity contribution in [3.63, 3.8) is 0 Å². The molecule has 12 heteroatoms. The van der Waals surface area contributed by atoms with Crippen molar-refractivity contribution < 1.29 is 23.9 Å². The number of ether oxygens (including phenoxy) is 1. The van der Waals surface area contributed by atoms with Gasteiger partial charge < -0.3 is 25.2 Å². The van der Waals surface area contributed by atoms with Gasteiger partial charge in [-0.1, -0.05) is 48.0 Å². The van der Waals surface area contributed by atoms with Gasteiger partial charge in [0.1, 0.15) is 6.04 Å². The van der Waals surface area contributed by atoms with Crippen LogP contribution in [0, 0.1) is 17.8 Å². The number of carbonyl (C=O) groups excluding carboxylic acids is 4. The van der Waals surface area contributed by atoms with E-state index in [4.69, 9.17) is 4.74 Å². The molecule has 0 bridgehead atoms. The lowest BCUT2D eigenvalue weighted by Crippen LogP contribution is -2.59. The van der Waals surface area contributed by atoms with Crippen LogP contribution in [0.5, 0.6) is 0 Å². The number of aromatic nitrogens is 1. The number of nitrogens with one attached hydrogen (secondary N) is 2. The van der Waals surface area contributed by atoms with Gasteiger partial charge in [0.05, 0.1) is 29.9 Å². The fourth-order valence-corrected chi connectivity index (χ4v) is 7.80. The van der Waals surface area contributed by atoms with E-state index in [1.54, 1.807) is 31.5 Å². The van der Waals surface area contributed by atoms with Gasteiger partial charge in [0.15, 0.2) is 0 Å². The normalized spacial score (nSPS) is 18.6. The van der Waals surface area contributed by atoms with Crippen LogP contribution in [0.2, 0.25) is 0 Å². The molecule has 1 saturated heterocycles. The number of nitrogens with zero attached hydrogens (tertiary/aromatic N) is 4. The SMILES string of the molecule is CCC(C)C(C(CC(=O)N1CCCC1CC(SC)C(=O)NCCc1ccncc1)OC)N(C)C(=O)C(NC(=O)C(C(C)C)N(C)C)C(C)C. The first-order valence-electron chi connectivity index (χ1n) is 17.9. The van der Waals surface area contributed by atoms with Gasteiger partial charge in [0.25, 0.3) is 0 Å². The first kappa shape index (κ1) is 42.5. The summed E-state index contributed by atoms with van der Waals surface area (Å²) in [4.78, 5) is 64.1. The highest BCUT2D eigenvalue weighted by Gasteiger charge is 2.40. The van der Waals surface area contributed by atoms with Crippen LogP contribution in [-0.4, -0.2) is 126 Å². The topological polar surface area (TPSA) is 124 Å². The van der Waals surface area contributed by atoms with Crippen molar-refractivity contribution in [1.29, 1.82) is 0 Å². The molecular weight excluding hydrogens is 641 g/mol. The molecule has 49 heavy (non-hydrogen) atoms. The van der Waals surface area contributed by atoms with E-state index in [9.17, 15) is 19.2 Å². The Bertz CT molecular complexity index is 1180. The summed E-state index contributed by atoms with van der Waals surface area (Å²) in [5, 5.41) is 5.86. The summed E-state index contributed by atoms with van der Waals surface area (Å²) in [6.45, 7) is 13.2. The standard InChI is InChI=1S/C37H64N6O5S/c1-12-26(6)34(42(9)37(47)32(24(2)3)40-36(46)33(25(4)5)41(7)8)29(48-10)23-31(44)43-21-13-14-28(43)22-30(49-11)35(45)39-20-17-27-15-18-38-19-16-27/h15-16,18-19,24-26,28-30,32-34H,12-14,17,20-23H2,1-11H3,(H,39,45)(H,40,46). The van der Waals surface area contributed by atoms with Gasteiger partial charge >= 0.3 is 0 Å². The zero-order valence-electron chi connectivity index (χ0n) is 31.9. The Kier molecular flexibility index (Phi) is 18.1. The largest absolute Gasteiger partial charge is 0.379 e. The third-order valence-corrected chi connectivity index (χ3v) is 11.0. The highest BCUT2D eigenvalue weighted by Crippen LogP contribution is 2.29. The van der Waals surface area contributed by atoms with Crippen molar-refractivity contribution in [1.82, 2.24) is 30.3 Å². The Labute approximate surface area is 300 Å². The van der Waals surface area contributed by atoms with E-state index in [0.717, 1.165) is 31.2 Å². The third kappa shape index (κ3) is 12.2. The number of likely N-dealkylation sites (N-methyl/N-ethyl adjacent to an activating group) is 2. The number of rotatable bonds is 20. The van der Waals surface area contributed by atoms with Crippen molar-refractivity contribution in [2.45, 2.75) is 116 Å². The summed E-state index contributed by atoms with van der Waals surface area (Å²) in [5.41, 5.74) is 1.12. The van der Waals surface area contributed by atoms with Crippen molar-refractivity contribution in [2.75, 3.05) is 47.6 Å². The zero-order chi connectivity index (χ0) is 36.8. The number of thioether (sulfide) groups is 1. The minimum atomic E-state index is -0.722. The molecule has 1 aromatic heterocycles. The average molecular weight is 705 g/mol. The van der Waals surface area contributed by atoms with Gasteiger partial charge in [0, 0.05) is 45.7 Å². The van der Waals surface area contributed by atoms with Crippen LogP contribution in [-0.2, 0) is 30.3 Å². The molecule has 1 aliphatic heterocycles. The Balaban J connectivity index is 2.16. The summed E-state index contributed by atoms with van der Waals surface area (Å²) in [6, 6.07) is 2.38. The van der Waals surface area contributed by atoms with E-state index in [1.165, 1.54) is 11.8 Å². The molecule has 7 unspecified atom stereocenters. The molecule has 7 atom stereocenters. The Morgan fingerprint density at radius 2 is 1.69 bits per heavy atom. The molecule has 1 aliphatic rings. The first-order valence-corrected chi connectivity index (χ1v) is 19.2. The summed E-state index contributed by atoms with van der Waals surface area (Å²) < 4.78 is 6.01. The van der Waals surface area contributed by atoms with Gasteiger partial charge in [-0.2, -0.15) is 11.8 Å². The Hall–Kier alpha value is -2.70. The molecule has 0 saturated carbocycles. The van der Waals surface area contributed by atoms with E-state index in [2.05, 4.69) is 29.5 Å². The number of carbonyl (C=O) groups is 4. The average Bonchev–Trinajstić information content (AvgIpc) is 3.53. The lowest BCUT2D eigenvalue weighted by atomic mass is 9.89. The van der Waals surface area contributed by atoms with Gasteiger partial charge in [0.2, 0.25) is 23.6 Å². The van der Waals surface area contributed by atoms with Crippen LogP contribution in [0.3, 0.4) is 0 Å². The van der Waals surface area contributed by atoms with Crippen molar-refractivity contribution in [2.24, 2.45) is 17.8 Å². The van der Waals surface area contributed by atoms with Crippen LogP contribution in [0.15, 0.2) is 24.5 Å². The lowest BCUT2D eigenvalue weighted by molar-refractivity contribution is -0.146. The molecule has 0 aliphatic carbocycles. The van der Waals surface area contributed by atoms with Crippen LogP contribution in [0.1, 0.15) is 79.2 Å². The van der Waals surface area contributed by atoms with Gasteiger partial charge in [-0.3, -0.25) is 29.1 Å². The van der Waals surface area contributed by atoms with Crippen LogP contribution < -0.4 is 10.6 Å². The number of hydrogen-bond acceptors (Lipinski definition) is 8. The minimum Gasteiger partial charge on any atom is -0.379 e. The van der Waals surface area contributed by atoms with Crippen LogP contribution in [0.4, 0.5) is 0 Å². The zero-order valence-corrected chi connectivity index (χ0v) is 32.7. The molecule has 4 amide bonds. The number of methoxy groups -OCH3 is 1. The molecular formula is C37H64N6O5S.